The van der Waals surface area contributed by atoms with Crippen LogP contribution in [0.4, 0.5) is 21.5 Å². The van der Waals surface area contributed by atoms with Gasteiger partial charge >= 0.3 is 0 Å². The predicted octanol–water partition coefficient (Wildman–Crippen LogP) is 3.77. The molecule has 0 aliphatic rings. The summed E-state index contributed by atoms with van der Waals surface area (Å²) in [7, 11) is 0. The summed E-state index contributed by atoms with van der Waals surface area (Å²) in [6.07, 6.45) is 0. The van der Waals surface area contributed by atoms with Crippen molar-refractivity contribution < 1.29 is 4.39 Å². The number of anilines is 3. The van der Waals surface area contributed by atoms with Crippen molar-refractivity contribution in [1.29, 1.82) is 0 Å². The molecule has 3 heteroatoms. The van der Waals surface area contributed by atoms with E-state index in [1.807, 2.05) is 32.0 Å². The fourth-order valence-electron chi connectivity index (χ4n) is 1.60. The van der Waals surface area contributed by atoms with Gasteiger partial charge in [0.05, 0.1) is 5.69 Å². The monoisotopic (exact) mass is 230 g/mol. The van der Waals surface area contributed by atoms with E-state index in [1.54, 1.807) is 12.1 Å². The van der Waals surface area contributed by atoms with Crippen molar-refractivity contribution >= 4 is 17.1 Å². The second kappa shape index (κ2) is 4.45. The first-order chi connectivity index (χ1) is 8.06. The van der Waals surface area contributed by atoms with E-state index in [0.29, 0.717) is 11.4 Å². The molecular weight excluding hydrogens is 215 g/mol. The van der Waals surface area contributed by atoms with Gasteiger partial charge in [0.2, 0.25) is 0 Å². The quantitative estimate of drug-likeness (QED) is 0.771. The topological polar surface area (TPSA) is 38.0 Å². The Morgan fingerprint density at radius 2 is 1.82 bits per heavy atom. The second-order valence-electron chi connectivity index (χ2n) is 4.18. The SMILES string of the molecule is Cc1ccc(Nc2ccc(C)c(N)c2)c(F)c1. The predicted molar refractivity (Wildman–Crippen MR) is 70.0 cm³/mol. The zero-order valence-corrected chi connectivity index (χ0v) is 9.92. The van der Waals surface area contributed by atoms with E-state index in [2.05, 4.69) is 5.32 Å². The number of aryl methyl sites for hydroxylation is 2. The van der Waals surface area contributed by atoms with E-state index in [0.717, 1.165) is 16.8 Å². The fraction of sp³-hybridized carbons (Fsp3) is 0.143. The number of nitrogens with two attached hydrogens (primary N) is 1. The summed E-state index contributed by atoms with van der Waals surface area (Å²) >= 11 is 0. The van der Waals surface area contributed by atoms with Gasteiger partial charge in [-0.2, -0.15) is 0 Å². The number of benzene rings is 2. The molecule has 2 aromatic rings. The largest absolute Gasteiger partial charge is 0.398 e. The lowest BCUT2D eigenvalue weighted by atomic mass is 10.1. The molecule has 3 N–H and O–H groups in total. The smallest absolute Gasteiger partial charge is 0.146 e. The molecule has 0 saturated heterocycles. The molecular formula is C14H15FN2. The van der Waals surface area contributed by atoms with Gasteiger partial charge in [-0.1, -0.05) is 12.1 Å². The first kappa shape index (κ1) is 11.5. The van der Waals surface area contributed by atoms with Crippen LogP contribution in [0.15, 0.2) is 36.4 Å². The van der Waals surface area contributed by atoms with E-state index >= 15 is 0 Å². The summed E-state index contributed by atoms with van der Waals surface area (Å²) in [6.45, 7) is 3.79. The summed E-state index contributed by atoms with van der Waals surface area (Å²) in [5, 5.41) is 3.01. The molecule has 0 unspecified atom stereocenters. The molecule has 0 aromatic heterocycles. The van der Waals surface area contributed by atoms with Gasteiger partial charge in [0.1, 0.15) is 5.82 Å². The molecule has 2 aromatic carbocycles. The number of nitrogens with one attached hydrogen (secondary N) is 1. The summed E-state index contributed by atoms with van der Waals surface area (Å²) in [6, 6.07) is 10.7. The lowest BCUT2D eigenvalue weighted by Gasteiger charge is -2.09. The highest BCUT2D eigenvalue weighted by molar-refractivity contribution is 5.65. The van der Waals surface area contributed by atoms with Crippen LogP contribution in [0, 0.1) is 19.7 Å². The molecule has 0 atom stereocenters. The van der Waals surface area contributed by atoms with Crippen molar-refractivity contribution in [1.82, 2.24) is 0 Å². The lowest BCUT2D eigenvalue weighted by molar-refractivity contribution is 0.631. The minimum absolute atomic E-state index is 0.260. The molecule has 0 aliphatic carbocycles. The molecule has 0 heterocycles. The summed E-state index contributed by atoms with van der Waals surface area (Å²) in [4.78, 5) is 0. The van der Waals surface area contributed by atoms with Crippen LogP contribution in [0.25, 0.3) is 0 Å². The van der Waals surface area contributed by atoms with Crippen LogP contribution in [-0.4, -0.2) is 0 Å². The maximum Gasteiger partial charge on any atom is 0.146 e. The molecule has 2 nitrogen and oxygen atoms in total. The van der Waals surface area contributed by atoms with Crippen LogP contribution < -0.4 is 11.1 Å². The average molecular weight is 230 g/mol. The average Bonchev–Trinajstić information content (AvgIpc) is 2.27. The van der Waals surface area contributed by atoms with E-state index in [-0.39, 0.29) is 5.82 Å². The van der Waals surface area contributed by atoms with Gasteiger partial charge in [0.25, 0.3) is 0 Å². The third-order valence-corrected chi connectivity index (χ3v) is 2.68. The van der Waals surface area contributed by atoms with Crippen LogP contribution in [-0.2, 0) is 0 Å². The fourth-order valence-corrected chi connectivity index (χ4v) is 1.60. The van der Waals surface area contributed by atoms with Crippen LogP contribution in [0.2, 0.25) is 0 Å². The molecule has 0 saturated carbocycles. The number of hydrogen-bond acceptors (Lipinski definition) is 2. The van der Waals surface area contributed by atoms with Gasteiger partial charge in [-0.05, 0) is 49.2 Å². The Hall–Kier alpha value is -2.03. The molecule has 0 amide bonds. The van der Waals surface area contributed by atoms with Gasteiger partial charge in [-0.3, -0.25) is 0 Å². The minimum atomic E-state index is -0.260. The Bertz CT molecular complexity index is 550. The molecule has 0 aliphatic heterocycles. The Kier molecular flexibility index (Phi) is 3.00. The molecule has 2 rings (SSSR count). The molecule has 0 bridgehead atoms. The van der Waals surface area contributed by atoms with Crippen molar-refractivity contribution in [2.75, 3.05) is 11.1 Å². The van der Waals surface area contributed by atoms with Crippen LogP contribution in [0.1, 0.15) is 11.1 Å². The molecule has 0 radical (unpaired) electrons. The molecule has 88 valence electrons. The Morgan fingerprint density at radius 3 is 2.47 bits per heavy atom. The van der Waals surface area contributed by atoms with Crippen molar-refractivity contribution in [2.24, 2.45) is 0 Å². The van der Waals surface area contributed by atoms with Gasteiger partial charge < -0.3 is 11.1 Å². The lowest BCUT2D eigenvalue weighted by Crippen LogP contribution is -1.96. The van der Waals surface area contributed by atoms with E-state index in [4.69, 9.17) is 5.73 Å². The summed E-state index contributed by atoms with van der Waals surface area (Å²) < 4.78 is 13.6. The number of hydrogen-bond donors (Lipinski definition) is 2. The first-order valence-electron chi connectivity index (χ1n) is 5.45. The maximum absolute atomic E-state index is 13.6. The zero-order chi connectivity index (χ0) is 12.4. The summed E-state index contributed by atoms with van der Waals surface area (Å²) in [5.74, 6) is -0.260. The van der Waals surface area contributed by atoms with E-state index in [9.17, 15) is 4.39 Å². The Balaban J connectivity index is 2.28. The molecule has 17 heavy (non-hydrogen) atoms. The number of halogens is 1. The van der Waals surface area contributed by atoms with Gasteiger partial charge in [0, 0.05) is 11.4 Å². The zero-order valence-electron chi connectivity index (χ0n) is 9.92. The second-order valence-corrected chi connectivity index (χ2v) is 4.18. The number of nitrogen functional groups attached to an aromatic ring is 1. The third kappa shape index (κ3) is 2.56. The van der Waals surface area contributed by atoms with Crippen LogP contribution in [0.3, 0.4) is 0 Å². The Labute approximate surface area is 100 Å². The first-order valence-corrected chi connectivity index (χ1v) is 5.45. The normalized spacial score (nSPS) is 10.3. The highest BCUT2D eigenvalue weighted by Gasteiger charge is 2.03. The number of rotatable bonds is 2. The molecule has 0 spiro atoms. The van der Waals surface area contributed by atoms with Gasteiger partial charge in [0.15, 0.2) is 0 Å². The standard InChI is InChI=1S/C14H15FN2/c1-9-3-6-14(12(15)7-9)17-11-5-4-10(2)13(16)8-11/h3-8,17H,16H2,1-2H3. The van der Waals surface area contributed by atoms with Gasteiger partial charge in [-0.15, -0.1) is 0 Å². The maximum atomic E-state index is 13.6. The van der Waals surface area contributed by atoms with Crippen molar-refractivity contribution in [2.45, 2.75) is 13.8 Å². The van der Waals surface area contributed by atoms with Crippen LogP contribution >= 0.6 is 0 Å². The third-order valence-electron chi connectivity index (χ3n) is 2.68. The van der Waals surface area contributed by atoms with E-state index in [1.165, 1.54) is 6.07 Å². The summed E-state index contributed by atoms with van der Waals surface area (Å²) in [5.41, 5.74) is 9.66. The minimum Gasteiger partial charge on any atom is -0.398 e. The van der Waals surface area contributed by atoms with Gasteiger partial charge in [-0.25, -0.2) is 4.39 Å². The highest BCUT2D eigenvalue weighted by Crippen LogP contribution is 2.23. The highest BCUT2D eigenvalue weighted by atomic mass is 19.1. The van der Waals surface area contributed by atoms with Crippen LogP contribution in [0.5, 0.6) is 0 Å². The van der Waals surface area contributed by atoms with Crippen molar-refractivity contribution in [3.63, 3.8) is 0 Å². The van der Waals surface area contributed by atoms with Crippen molar-refractivity contribution in [3.05, 3.63) is 53.3 Å². The Morgan fingerprint density at radius 1 is 1.06 bits per heavy atom. The van der Waals surface area contributed by atoms with Crippen molar-refractivity contribution in [3.8, 4) is 0 Å². The molecule has 0 fully saturated rings. The van der Waals surface area contributed by atoms with E-state index < -0.39 is 0 Å².